The molecule has 146 valence electrons. The van der Waals surface area contributed by atoms with E-state index in [0.717, 1.165) is 60.5 Å². The van der Waals surface area contributed by atoms with Gasteiger partial charge in [0, 0.05) is 35.7 Å². The average Bonchev–Trinajstić information content (AvgIpc) is 3.13. The van der Waals surface area contributed by atoms with Gasteiger partial charge in [0.2, 0.25) is 5.95 Å². The number of aryl methyl sites for hydroxylation is 1. The van der Waals surface area contributed by atoms with Gasteiger partial charge in [0.05, 0.1) is 11.5 Å². The Kier molecular flexibility index (Phi) is 4.34. The maximum Gasteiger partial charge on any atom is 0.258 e. The lowest BCUT2D eigenvalue weighted by molar-refractivity contribution is -0.116. The molecule has 0 saturated carbocycles. The molecule has 1 atom stereocenters. The number of carbonyl (C=O) groups is 1. The molecule has 6 nitrogen and oxygen atoms in total. The summed E-state index contributed by atoms with van der Waals surface area (Å²) in [6.45, 7) is 3.88. The Morgan fingerprint density at radius 2 is 1.96 bits per heavy atom. The zero-order valence-electron chi connectivity index (χ0n) is 16.0. The number of aromatic nitrogens is 2. The maximum absolute atomic E-state index is 13.2. The van der Waals surface area contributed by atoms with Crippen LogP contribution in [0.3, 0.4) is 0 Å². The second-order valence-electron chi connectivity index (χ2n) is 7.89. The van der Waals surface area contributed by atoms with Crippen molar-refractivity contribution in [3.63, 3.8) is 0 Å². The number of piperidine rings is 1. The number of allylic oxidation sites excluding steroid dienone is 2. The van der Waals surface area contributed by atoms with Crippen LogP contribution in [0.1, 0.15) is 60.4 Å². The summed E-state index contributed by atoms with van der Waals surface area (Å²) in [5, 5.41) is 5.40. The summed E-state index contributed by atoms with van der Waals surface area (Å²) < 4.78 is 0. The van der Waals surface area contributed by atoms with Crippen LogP contribution in [0.15, 0.2) is 27.5 Å². The average molecular weight is 397 g/mol. The minimum Gasteiger partial charge on any atom is -0.343 e. The fourth-order valence-corrected chi connectivity index (χ4v) is 5.69. The highest BCUT2D eigenvalue weighted by Gasteiger charge is 2.39. The Morgan fingerprint density at radius 3 is 2.71 bits per heavy atom. The Balaban J connectivity index is 1.68. The van der Waals surface area contributed by atoms with Crippen molar-refractivity contribution in [3.05, 3.63) is 49.1 Å². The molecule has 1 aliphatic carbocycles. The van der Waals surface area contributed by atoms with Crippen molar-refractivity contribution in [1.29, 1.82) is 0 Å². The topological polar surface area (TPSA) is 78.1 Å². The normalized spacial score (nSPS) is 22.0. The lowest BCUT2D eigenvalue weighted by Crippen LogP contribution is -2.36. The van der Waals surface area contributed by atoms with E-state index < -0.39 is 0 Å². The monoisotopic (exact) mass is 396 g/mol. The van der Waals surface area contributed by atoms with Crippen LogP contribution in [0, 0.1) is 6.92 Å². The van der Waals surface area contributed by atoms with E-state index in [4.69, 9.17) is 4.98 Å². The Morgan fingerprint density at radius 1 is 1.14 bits per heavy atom. The molecule has 4 heterocycles. The molecule has 2 aromatic rings. The molecular formula is C21H24N4O2S. The number of hydrogen-bond donors (Lipinski definition) is 2. The molecule has 7 heteroatoms. The van der Waals surface area contributed by atoms with Crippen LogP contribution >= 0.6 is 11.3 Å². The van der Waals surface area contributed by atoms with Gasteiger partial charge >= 0.3 is 0 Å². The fourth-order valence-electron chi connectivity index (χ4n) is 4.65. The zero-order valence-corrected chi connectivity index (χ0v) is 16.8. The number of Topliss-reactive ketones (excluding diaryl/α,β-unsaturated/α-hetero) is 1. The first kappa shape index (κ1) is 17.7. The Hall–Kier alpha value is -2.41. The third-order valence-corrected chi connectivity index (χ3v) is 7.15. The number of anilines is 2. The molecule has 2 aliphatic heterocycles. The van der Waals surface area contributed by atoms with Gasteiger partial charge < -0.3 is 10.2 Å². The number of H-pyrrole nitrogens is 1. The van der Waals surface area contributed by atoms with Crippen molar-refractivity contribution in [3.8, 4) is 0 Å². The third kappa shape index (κ3) is 2.80. The summed E-state index contributed by atoms with van der Waals surface area (Å²) in [4.78, 5) is 37.2. The number of hydrogen-bond acceptors (Lipinski definition) is 6. The molecule has 0 amide bonds. The number of nitrogens with one attached hydrogen (secondary N) is 2. The number of thiophene rings is 1. The van der Waals surface area contributed by atoms with E-state index in [9.17, 15) is 9.59 Å². The van der Waals surface area contributed by atoms with Crippen molar-refractivity contribution in [2.24, 2.45) is 0 Å². The molecule has 5 rings (SSSR count). The molecule has 28 heavy (non-hydrogen) atoms. The van der Waals surface area contributed by atoms with Crippen molar-refractivity contribution >= 4 is 28.9 Å². The van der Waals surface area contributed by atoms with Gasteiger partial charge in [-0.15, -0.1) is 11.3 Å². The molecular weight excluding hydrogens is 372 g/mol. The molecule has 2 aromatic heterocycles. The smallest absolute Gasteiger partial charge is 0.258 e. The molecule has 0 spiro atoms. The highest BCUT2D eigenvalue weighted by molar-refractivity contribution is 7.10. The van der Waals surface area contributed by atoms with Crippen LogP contribution in [0.5, 0.6) is 0 Å². The lowest BCUT2D eigenvalue weighted by Gasteiger charge is -2.34. The summed E-state index contributed by atoms with van der Waals surface area (Å²) in [7, 11) is 0. The first-order valence-corrected chi connectivity index (χ1v) is 11.0. The predicted octanol–water partition coefficient (Wildman–Crippen LogP) is 3.69. The van der Waals surface area contributed by atoms with Crippen molar-refractivity contribution < 1.29 is 4.79 Å². The number of aromatic amines is 1. The first-order valence-electron chi connectivity index (χ1n) is 10.1. The highest BCUT2D eigenvalue weighted by atomic mass is 32.1. The van der Waals surface area contributed by atoms with Crippen molar-refractivity contribution in [1.82, 2.24) is 9.97 Å². The molecule has 1 unspecified atom stereocenters. The Bertz CT molecular complexity index is 1030. The van der Waals surface area contributed by atoms with Gasteiger partial charge in [0.15, 0.2) is 5.78 Å². The van der Waals surface area contributed by atoms with Crippen LogP contribution in [-0.4, -0.2) is 28.8 Å². The number of carbonyl (C=O) groups excluding carboxylic acids is 1. The van der Waals surface area contributed by atoms with Crippen LogP contribution in [0.2, 0.25) is 0 Å². The summed E-state index contributed by atoms with van der Waals surface area (Å²) in [6, 6.07) is 2.05. The summed E-state index contributed by atoms with van der Waals surface area (Å²) in [5.41, 5.74) is 3.28. The second kappa shape index (κ2) is 6.88. The third-order valence-electron chi connectivity index (χ3n) is 6.07. The minimum absolute atomic E-state index is 0.138. The van der Waals surface area contributed by atoms with Gasteiger partial charge in [0.1, 0.15) is 5.82 Å². The predicted molar refractivity (Wildman–Crippen MR) is 111 cm³/mol. The SMILES string of the molecule is Cc1ccsc1C1C2=C(CCCC2=O)Nc2nc(N3CCCCC3)[nH]c(=O)c21. The van der Waals surface area contributed by atoms with Gasteiger partial charge in [-0.1, -0.05) is 0 Å². The lowest BCUT2D eigenvalue weighted by atomic mass is 9.78. The van der Waals surface area contributed by atoms with Crippen LogP contribution in [0.25, 0.3) is 0 Å². The maximum atomic E-state index is 13.2. The largest absolute Gasteiger partial charge is 0.343 e. The standard InChI is InChI=1S/C21H24N4O2S/c1-12-8-11-28-18(12)16-15-13(6-5-7-14(15)26)22-19-17(16)20(27)24-21(23-19)25-9-3-2-4-10-25/h8,11,16H,2-7,9-10H2,1H3,(H2,22,23,24,27). The molecule has 0 radical (unpaired) electrons. The summed E-state index contributed by atoms with van der Waals surface area (Å²) in [5.74, 6) is 1.10. The van der Waals surface area contributed by atoms with Gasteiger partial charge in [0.25, 0.3) is 5.56 Å². The number of rotatable bonds is 2. The van der Waals surface area contributed by atoms with E-state index in [2.05, 4.69) is 21.3 Å². The van der Waals surface area contributed by atoms with Crippen molar-refractivity contribution in [2.75, 3.05) is 23.3 Å². The molecule has 1 saturated heterocycles. The number of nitrogens with zero attached hydrogens (tertiary/aromatic N) is 2. The van der Waals surface area contributed by atoms with Gasteiger partial charge in [-0.05, 0) is 56.0 Å². The highest BCUT2D eigenvalue weighted by Crippen LogP contribution is 2.45. The van der Waals surface area contributed by atoms with E-state index in [0.29, 0.717) is 23.8 Å². The molecule has 0 aromatic carbocycles. The van der Waals surface area contributed by atoms with Gasteiger partial charge in [-0.3, -0.25) is 14.6 Å². The summed E-state index contributed by atoms with van der Waals surface area (Å²) in [6.07, 6.45) is 5.69. The summed E-state index contributed by atoms with van der Waals surface area (Å²) >= 11 is 1.61. The minimum atomic E-state index is -0.314. The molecule has 3 aliphatic rings. The molecule has 0 bridgehead atoms. The van der Waals surface area contributed by atoms with Gasteiger partial charge in [-0.25, -0.2) is 0 Å². The number of ketones is 1. The van der Waals surface area contributed by atoms with E-state index in [1.165, 1.54) is 6.42 Å². The van der Waals surface area contributed by atoms with E-state index in [1.54, 1.807) is 11.3 Å². The second-order valence-corrected chi connectivity index (χ2v) is 8.84. The zero-order chi connectivity index (χ0) is 19.3. The number of fused-ring (bicyclic) bond motifs is 1. The van der Waals surface area contributed by atoms with Crippen LogP contribution in [0.4, 0.5) is 11.8 Å². The van der Waals surface area contributed by atoms with E-state index in [1.807, 2.05) is 12.3 Å². The molecule has 2 N–H and O–H groups in total. The quantitative estimate of drug-likeness (QED) is 0.809. The van der Waals surface area contributed by atoms with Crippen LogP contribution < -0.4 is 15.8 Å². The van der Waals surface area contributed by atoms with Gasteiger partial charge in [-0.2, -0.15) is 4.98 Å². The van der Waals surface area contributed by atoms with Crippen LogP contribution in [-0.2, 0) is 4.79 Å². The molecule has 1 fully saturated rings. The van der Waals surface area contributed by atoms with Crippen molar-refractivity contribution in [2.45, 2.75) is 51.4 Å². The van der Waals surface area contributed by atoms with E-state index in [-0.39, 0.29) is 17.3 Å². The first-order chi connectivity index (χ1) is 13.6. The Labute approximate surface area is 167 Å². The fraction of sp³-hybridized carbons (Fsp3) is 0.476. The van der Waals surface area contributed by atoms with E-state index >= 15 is 0 Å².